The van der Waals surface area contributed by atoms with Gasteiger partial charge in [0.2, 0.25) is 15.9 Å². The summed E-state index contributed by atoms with van der Waals surface area (Å²) in [6.45, 7) is 1.11. The molecule has 1 amide bonds. The Morgan fingerprint density at radius 1 is 1.00 bits per heavy atom. The van der Waals surface area contributed by atoms with E-state index in [1.165, 1.54) is 12.1 Å². The van der Waals surface area contributed by atoms with Crippen molar-refractivity contribution in [3.05, 3.63) is 106 Å². The monoisotopic (exact) mass is 453 g/mol. The van der Waals surface area contributed by atoms with Crippen molar-refractivity contribution < 1.29 is 18.1 Å². The van der Waals surface area contributed by atoms with Crippen LogP contribution in [-0.2, 0) is 14.8 Å². The fourth-order valence-electron chi connectivity index (χ4n) is 3.35. The van der Waals surface area contributed by atoms with Crippen molar-refractivity contribution in [2.45, 2.75) is 13.0 Å². The van der Waals surface area contributed by atoms with E-state index in [0.29, 0.717) is 5.56 Å². The summed E-state index contributed by atoms with van der Waals surface area (Å²) in [4.78, 5) is 23.6. The van der Waals surface area contributed by atoms with E-state index in [-0.39, 0.29) is 11.4 Å². The number of anilines is 1. The van der Waals surface area contributed by atoms with Crippen molar-refractivity contribution in [1.29, 1.82) is 0 Å². The number of aryl methyl sites for hydroxylation is 1. The van der Waals surface area contributed by atoms with Gasteiger partial charge in [-0.05, 0) is 23.6 Å². The predicted molar refractivity (Wildman–Crippen MR) is 123 cm³/mol. The number of hydrogen-bond donors (Lipinski definition) is 1. The Hall–Kier alpha value is -3.72. The molecule has 32 heavy (non-hydrogen) atoms. The molecule has 0 bridgehead atoms. The van der Waals surface area contributed by atoms with Crippen LogP contribution in [-0.4, -0.2) is 32.0 Å². The summed E-state index contributed by atoms with van der Waals surface area (Å²) in [6, 6.07) is 22.1. The summed E-state index contributed by atoms with van der Waals surface area (Å²) in [6.07, 6.45) is 0.963. The Balaban J connectivity index is 1.93. The normalized spacial score (nSPS) is 11.2. The van der Waals surface area contributed by atoms with Crippen LogP contribution < -0.4 is 9.62 Å². The van der Waals surface area contributed by atoms with Gasteiger partial charge < -0.3 is 5.32 Å². The zero-order valence-corrected chi connectivity index (χ0v) is 18.5. The largest absolute Gasteiger partial charge is 0.344 e. The zero-order valence-electron chi connectivity index (χ0n) is 17.6. The van der Waals surface area contributed by atoms with Gasteiger partial charge in [0.1, 0.15) is 6.54 Å². The van der Waals surface area contributed by atoms with Crippen LogP contribution >= 0.6 is 0 Å². The number of amides is 1. The van der Waals surface area contributed by atoms with Crippen LogP contribution in [0.15, 0.2) is 78.9 Å². The Kier molecular flexibility index (Phi) is 6.89. The van der Waals surface area contributed by atoms with Gasteiger partial charge in [0.15, 0.2) is 0 Å². The van der Waals surface area contributed by atoms with E-state index in [0.717, 1.165) is 27.8 Å². The van der Waals surface area contributed by atoms with Gasteiger partial charge in [-0.3, -0.25) is 19.2 Å². The molecule has 0 saturated heterocycles. The summed E-state index contributed by atoms with van der Waals surface area (Å²) in [5, 5.41) is 14.1. The molecule has 0 aromatic heterocycles. The molecule has 1 N–H and O–H groups in total. The second kappa shape index (κ2) is 9.61. The molecule has 3 aromatic rings. The highest BCUT2D eigenvalue weighted by Gasteiger charge is 2.26. The van der Waals surface area contributed by atoms with Gasteiger partial charge in [0.25, 0.3) is 5.69 Å². The van der Waals surface area contributed by atoms with Gasteiger partial charge in [0.05, 0.1) is 22.9 Å². The average Bonchev–Trinajstić information content (AvgIpc) is 2.76. The summed E-state index contributed by atoms with van der Waals surface area (Å²) in [5.41, 5.74) is 2.00. The molecule has 8 nitrogen and oxygen atoms in total. The molecule has 9 heteroatoms. The predicted octanol–water partition coefficient (Wildman–Crippen LogP) is 3.58. The minimum atomic E-state index is -3.89. The Morgan fingerprint density at radius 2 is 1.53 bits per heavy atom. The van der Waals surface area contributed by atoms with Crippen molar-refractivity contribution in [2.24, 2.45) is 0 Å². The second-order valence-electron chi connectivity index (χ2n) is 7.32. The van der Waals surface area contributed by atoms with Crippen LogP contribution in [0, 0.1) is 17.0 Å². The number of benzene rings is 3. The van der Waals surface area contributed by atoms with Crippen LogP contribution in [0.1, 0.15) is 22.7 Å². The molecule has 0 heterocycles. The Morgan fingerprint density at radius 3 is 2.00 bits per heavy atom. The fourth-order valence-corrected chi connectivity index (χ4v) is 4.25. The summed E-state index contributed by atoms with van der Waals surface area (Å²) in [7, 11) is -3.89. The maximum atomic E-state index is 13.0. The Bertz CT molecular complexity index is 1180. The van der Waals surface area contributed by atoms with Crippen molar-refractivity contribution in [3.63, 3.8) is 0 Å². The SMILES string of the molecule is Cc1ccc([N+](=O)[O-])cc1N(CC(=O)NC(c1ccccc1)c1ccccc1)S(C)(=O)=O. The smallest absolute Gasteiger partial charge is 0.271 e. The number of nitrogens with zero attached hydrogens (tertiary/aromatic N) is 2. The first-order valence-electron chi connectivity index (χ1n) is 9.79. The lowest BCUT2D eigenvalue weighted by atomic mass is 9.99. The summed E-state index contributed by atoms with van der Waals surface area (Å²) in [5.74, 6) is -0.543. The zero-order chi connectivity index (χ0) is 23.3. The topological polar surface area (TPSA) is 110 Å². The molecule has 166 valence electrons. The maximum absolute atomic E-state index is 13.0. The first-order valence-corrected chi connectivity index (χ1v) is 11.6. The molecule has 0 saturated carbocycles. The van der Waals surface area contributed by atoms with E-state index in [4.69, 9.17) is 0 Å². The van der Waals surface area contributed by atoms with E-state index < -0.39 is 33.4 Å². The summed E-state index contributed by atoms with van der Waals surface area (Å²) >= 11 is 0. The molecule has 0 radical (unpaired) electrons. The number of sulfonamides is 1. The number of carbonyl (C=O) groups excluding carboxylic acids is 1. The minimum absolute atomic E-state index is 0.0906. The van der Waals surface area contributed by atoms with Gasteiger partial charge in [0, 0.05) is 12.1 Å². The molecular weight excluding hydrogens is 430 g/mol. The third-order valence-electron chi connectivity index (χ3n) is 4.93. The molecule has 0 aliphatic heterocycles. The van der Waals surface area contributed by atoms with E-state index in [9.17, 15) is 23.3 Å². The van der Waals surface area contributed by atoms with Gasteiger partial charge in [-0.25, -0.2) is 8.42 Å². The second-order valence-corrected chi connectivity index (χ2v) is 9.23. The van der Waals surface area contributed by atoms with Crippen molar-refractivity contribution >= 4 is 27.3 Å². The number of rotatable bonds is 8. The average molecular weight is 454 g/mol. The molecule has 0 aliphatic rings. The first kappa shape index (κ1) is 23.0. The molecule has 0 fully saturated rings. The molecule has 0 unspecified atom stereocenters. The van der Waals surface area contributed by atoms with Crippen molar-refractivity contribution in [3.8, 4) is 0 Å². The lowest BCUT2D eigenvalue weighted by Crippen LogP contribution is -2.42. The van der Waals surface area contributed by atoms with E-state index in [1.807, 2.05) is 60.7 Å². The molecule has 3 rings (SSSR count). The number of non-ortho nitro benzene ring substituents is 1. The lowest BCUT2D eigenvalue weighted by molar-refractivity contribution is -0.384. The van der Waals surface area contributed by atoms with Gasteiger partial charge in [-0.1, -0.05) is 66.7 Å². The molecule has 0 spiro atoms. The van der Waals surface area contributed by atoms with Crippen molar-refractivity contribution in [2.75, 3.05) is 17.1 Å². The highest BCUT2D eigenvalue weighted by Crippen LogP contribution is 2.28. The van der Waals surface area contributed by atoms with E-state index >= 15 is 0 Å². The number of nitro benzene ring substituents is 1. The van der Waals surface area contributed by atoms with E-state index in [1.54, 1.807) is 6.92 Å². The first-order chi connectivity index (χ1) is 15.2. The highest BCUT2D eigenvalue weighted by atomic mass is 32.2. The highest BCUT2D eigenvalue weighted by molar-refractivity contribution is 7.92. The Labute approximate surface area is 186 Å². The molecule has 0 aliphatic carbocycles. The summed E-state index contributed by atoms with van der Waals surface area (Å²) < 4.78 is 25.9. The molecule has 0 atom stereocenters. The standard InChI is InChI=1S/C23H23N3O5S/c1-17-13-14-20(26(28)29)15-21(17)25(32(2,30)31)16-22(27)24-23(18-9-5-3-6-10-18)19-11-7-4-8-12-19/h3-15,23H,16H2,1-2H3,(H,24,27). The number of nitrogens with one attached hydrogen (secondary N) is 1. The minimum Gasteiger partial charge on any atom is -0.344 e. The van der Waals surface area contributed by atoms with Crippen LogP contribution in [0.2, 0.25) is 0 Å². The molecular formula is C23H23N3O5S. The fraction of sp³-hybridized carbons (Fsp3) is 0.174. The van der Waals surface area contributed by atoms with Crippen molar-refractivity contribution in [1.82, 2.24) is 5.32 Å². The van der Waals surface area contributed by atoms with Crippen LogP contribution in [0.5, 0.6) is 0 Å². The van der Waals surface area contributed by atoms with Gasteiger partial charge in [-0.15, -0.1) is 0 Å². The quantitative estimate of drug-likeness (QED) is 0.414. The van der Waals surface area contributed by atoms with E-state index in [2.05, 4.69) is 5.32 Å². The third kappa shape index (κ3) is 5.50. The number of carbonyl (C=O) groups is 1. The number of hydrogen-bond acceptors (Lipinski definition) is 5. The van der Waals surface area contributed by atoms with Gasteiger partial charge in [-0.2, -0.15) is 0 Å². The van der Waals surface area contributed by atoms with Crippen LogP contribution in [0.3, 0.4) is 0 Å². The number of nitro groups is 1. The van der Waals surface area contributed by atoms with Crippen LogP contribution in [0.25, 0.3) is 0 Å². The maximum Gasteiger partial charge on any atom is 0.271 e. The van der Waals surface area contributed by atoms with Crippen LogP contribution in [0.4, 0.5) is 11.4 Å². The molecule has 3 aromatic carbocycles. The third-order valence-corrected chi connectivity index (χ3v) is 6.06. The lowest BCUT2D eigenvalue weighted by Gasteiger charge is -2.25. The van der Waals surface area contributed by atoms with Gasteiger partial charge >= 0.3 is 0 Å².